The number of ether oxygens (including phenoxy) is 4. The molecule has 1 atom stereocenters. The number of methoxy groups -OCH3 is 3. The molecule has 0 fully saturated rings. The van der Waals surface area contributed by atoms with E-state index in [0.717, 1.165) is 17.0 Å². The van der Waals surface area contributed by atoms with E-state index >= 15 is 0 Å². The summed E-state index contributed by atoms with van der Waals surface area (Å²) in [5, 5.41) is 0. The van der Waals surface area contributed by atoms with Crippen LogP contribution in [0.2, 0.25) is 0 Å². The number of hydrogen-bond donors (Lipinski definition) is 0. The molecule has 3 rings (SSSR count). The number of nitrogens with zero attached hydrogens (tertiary/aromatic N) is 1. The SMILES string of the molecule is COc1ccc(C2=Nc3c(OC)cc(OC)cc3OC2C)cc1. The second kappa shape index (κ2) is 6.20. The van der Waals surface area contributed by atoms with E-state index in [1.54, 1.807) is 27.4 Å². The van der Waals surface area contributed by atoms with Crippen molar-refractivity contribution in [1.82, 2.24) is 0 Å². The Balaban J connectivity index is 2.07. The molecule has 5 nitrogen and oxygen atoms in total. The lowest BCUT2D eigenvalue weighted by Crippen LogP contribution is -2.27. The van der Waals surface area contributed by atoms with Gasteiger partial charge in [-0.05, 0) is 31.2 Å². The van der Waals surface area contributed by atoms with Crippen LogP contribution in [-0.2, 0) is 0 Å². The molecule has 2 aromatic rings. The van der Waals surface area contributed by atoms with Crippen LogP contribution in [0.3, 0.4) is 0 Å². The first kappa shape index (κ1) is 15.2. The maximum Gasteiger partial charge on any atom is 0.153 e. The van der Waals surface area contributed by atoms with Crippen molar-refractivity contribution in [3.05, 3.63) is 42.0 Å². The van der Waals surface area contributed by atoms with Crippen molar-refractivity contribution in [3.8, 4) is 23.0 Å². The Kier molecular flexibility index (Phi) is 4.10. The van der Waals surface area contributed by atoms with Crippen LogP contribution in [0.5, 0.6) is 23.0 Å². The van der Waals surface area contributed by atoms with Gasteiger partial charge in [0, 0.05) is 17.7 Å². The summed E-state index contributed by atoms with van der Waals surface area (Å²) in [5.41, 5.74) is 2.52. The lowest BCUT2D eigenvalue weighted by atomic mass is 10.0. The van der Waals surface area contributed by atoms with Gasteiger partial charge in [-0.1, -0.05) is 0 Å². The average molecular weight is 313 g/mol. The van der Waals surface area contributed by atoms with Crippen LogP contribution >= 0.6 is 0 Å². The van der Waals surface area contributed by atoms with Gasteiger partial charge in [-0.15, -0.1) is 0 Å². The van der Waals surface area contributed by atoms with Crippen molar-refractivity contribution in [1.29, 1.82) is 0 Å². The number of rotatable bonds is 4. The van der Waals surface area contributed by atoms with Gasteiger partial charge in [0.05, 0.1) is 27.0 Å². The second-order valence-corrected chi connectivity index (χ2v) is 5.16. The Hall–Kier alpha value is -2.69. The van der Waals surface area contributed by atoms with Gasteiger partial charge in [0.15, 0.2) is 11.5 Å². The van der Waals surface area contributed by atoms with Crippen molar-refractivity contribution >= 4 is 11.4 Å². The highest BCUT2D eigenvalue weighted by Gasteiger charge is 2.25. The third-order valence-electron chi connectivity index (χ3n) is 3.78. The van der Waals surface area contributed by atoms with Gasteiger partial charge in [-0.3, -0.25) is 0 Å². The van der Waals surface area contributed by atoms with Crippen LogP contribution in [0.4, 0.5) is 5.69 Å². The summed E-state index contributed by atoms with van der Waals surface area (Å²) >= 11 is 0. The first-order valence-corrected chi connectivity index (χ1v) is 7.32. The van der Waals surface area contributed by atoms with E-state index in [4.69, 9.17) is 23.9 Å². The van der Waals surface area contributed by atoms with Gasteiger partial charge in [0.1, 0.15) is 23.3 Å². The lowest BCUT2D eigenvalue weighted by molar-refractivity contribution is 0.279. The molecular formula is C18H19NO4. The molecule has 120 valence electrons. The van der Waals surface area contributed by atoms with Crippen molar-refractivity contribution in [2.45, 2.75) is 13.0 Å². The van der Waals surface area contributed by atoms with E-state index in [9.17, 15) is 0 Å². The summed E-state index contributed by atoms with van der Waals surface area (Å²) in [4.78, 5) is 4.77. The normalized spacial score (nSPS) is 16.0. The molecule has 0 saturated heterocycles. The van der Waals surface area contributed by atoms with Crippen LogP contribution in [0.25, 0.3) is 0 Å². The van der Waals surface area contributed by atoms with Crippen LogP contribution in [0.15, 0.2) is 41.4 Å². The highest BCUT2D eigenvalue weighted by Crippen LogP contribution is 2.44. The molecule has 0 bridgehead atoms. The molecule has 0 aromatic heterocycles. The fraction of sp³-hybridized carbons (Fsp3) is 0.278. The monoisotopic (exact) mass is 313 g/mol. The van der Waals surface area contributed by atoms with Gasteiger partial charge in [0.25, 0.3) is 0 Å². The van der Waals surface area contributed by atoms with Crippen molar-refractivity contribution in [3.63, 3.8) is 0 Å². The Labute approximate surface area is 135 Å². The zero-order chi connectivity index (χ0) is 16.4. The molecule has 1 aliphatic heterocycles. The fourth-order valence-corrected chi connectivity index (χ4v) is 2.55. The zero-order valence-electron chi connectivity index (χ0n) is 13.6. The smallest absolute Gasteiger partial charge is 0.153 e. The molecule has 1 aliphatic rings. The van der Waals surface area contributed by atoms with Gasteiger partial charge < -0.3 is 18.9 Å². The second-order valence-electron chi connectivity index (χ2n) is 5.16. The van der Waals surface area contributed by atoms with Crippen molar-refractivity contribution in [2.24, 2.45) is 4.99 Å². The molecule has 0 spiro atoms. The maximum absolute atomic E-state index is 6.02. The van der Waals surface area contributed by atoms with Crippen LogP contribution in [0.1, 0.15) is 12.5 Å². The summed E-state index contributed by atoms with van der Waals surface area (Å²) in [7, 11) is 4.86. The fourth-order valence-electron chi connectivity index (χ4n) is 2.55. The third-order valence-corrected chi connectivity index (χ3v) is 3.78. The molecule has 5 heteroatoms. The number of benzene rings is 2. The highest BCUT2D eigenvalue weighted by atomic mass is 16.5. The van der Waals surface area contributed by atoms with Gasteiger partial charge in [0.2, 0.25) is 0 Å². The predicted octanol–water partition coefficient (Wildman–Crippen LogP) is 3.61. The van der Waals surface area contributed by atoms with Crippen molar-refractivity contribution < 1.29 is 18.9 Å². The summed E-state index contributed by atoms with van der Waals surface area (Å²) in [6.45, 7) is 1.97. The maximum atomic E-state index is 6.02. The van der Waals surface area contributed by atoms with Crippen LogP contribution in [-0.4, -0.2) is 33.1 Å². The van der Waals surface area contributed by atoms with E-state index in [1.165, 1.54) is 0 Å². The van der Waals surface area contributed by atoms with E-state index in [-0.39, 0.29) is 6.10 Å². The number of aliphatic imine (C=N–C) groups is 1. The summed E-state index contributed by atoms with van der Waals surface area (Å²) in [6, 6.07) is 11.4. The molecule has 1 unspecified atom stereocenters. The number of fused-ring (bicyclic) bond motifs is 1. The van der Waals surface area contributed by atoms with E-state index in [1.807, 2.05) is 37.3 Å². The largest absolute Gasteiger partial charge is 0.497 e. The van der Waals surface area contributed by atoms with Gasteiger partial charge in [-0.2, -0.15) is 0 Å². The minimum Gasteiger partial charge on any atom is -0.497 e. The molecule has 23 heavy (non-hydrogen) atoms. The minimum absolute atomic E-state index is 0.173. The topological polar surface area (TPSA) is 49.3 Å². The van der Waals surface area contributed by atoms with Crippen LogP contribution in [0, 0.1) is 0 Å². The zero-order valence-corrected chi connectivity index (χ0v) is 13.6. The highest BCUT2D eigenvalue weighted by molar-refractivity contribution is 6.06. The molecule has 0 saturated carbocycles. The predicted molar refractivity (Wildman–Crippen MR) is 88.8 cm³/mol. The average Bonchev–Trinajstić information content (AvgIpc) is 2.60. The van der Waals surface area contributed by atoms with E-state index in [2.05, 4.69) is 0 Å². The quantitative estimate of drug-likeness (QED) is 0.865. The molecular weight excluding hydrogens is 294 g/mol. The van der Waals surface area contributed by atoms with E-state index < -0.39 is 0 Å². The number of hydrogen-bond acceptors (Lipinski definition) is 5. The lowest BCUT2D eigenvalue weighted by Gasteiger charge is -2.25. The van der Waals surface area contributed by atoms with Gasteiger partial charge >= 0.3 is 0 Å². The molecule has 0 N–H and O–H groups in total. The van der Waals surface area contributed by atoms with E-state index in [0.29, 0.717) is 22.9 Å². The Morgan fingerprint density at radius 3 is 2.22 bits per heavy atom. The minimum atomic E-state index is -0.173. The standard InChI is InChI=1S/C18H19NO4/c1-11-17(12-5-7-13(20-2)8-6-12)19-18-15(22-4)9-14(21-3)10-16(18)23-11/h5-11H,1-4H3. The summed E-state index contributed by atoms with van der Waals surface area (Å²) in [6.07, 6.45) is -0.173. The molecule has 0 radical (unpaired) electrons. The molecule has 0 aliphatic carbocycles. The Bertz CT molecular complexity index is 737. The van der Waals surface area contributed by atoms with Crippen molar-refractivity contribution in [2.75, 3.05) is 21.3 Å². The summed E-state index contributed by atoms with van der Waals surface area (Å²) < 4.78 is 21.9. The summed E-state index contributed by atoms with van der Waals surface area (Å²) in [5.74, 6) is 2.76. The van der Waals surface area contributed by atoms with Gasteiger partial charge in [-0.25, -0.2) is 4.99 Å². The van der Waals surface area contributed by atoms with Crippen LogP contribution < -0.4 is 18.9 Å². The Morgan fingerprint density at radius 2 is 1.61 bits per heavy atom. The molecule has 1 heterocycles. The Morgan fingerprint density at radius 1 is 0.913 bits per heavy atom. The third kappa shape index (κ3) is 2.82. The first-order valence-electron chi connectivity index (χ1n) is 7.32. The first-order chi connectivity index (χ1) is 11.2. The molecule has 0 amide bonds. The molecule has 2 aromatic carbocycles.